The van der Waals surface area contributed by atoms with Gasteiger partial charge in [0, 0.05) is 37.8 Å². The van der Waals surface area contributed by atoms with Gasteiger partial charge in [0.25, 0.3) is 0 Å². The van der Waals surface area contributed by atoms with Gasteiger partial charge in [0.2, 0.25) is 5.91 Å². The topological polar surface area (TPSA) is 38.8 Å². The van der Waals surface area contributed by atoms with Gasteiger partial charge in [-0.2, -0.15) is 0 Å². The van der Waals surface area contributed by atoms with Crippen molar-refractivity contribution in [3.63, 3.8) is 0 Å². The van der Waals surface area contributed by atoms with Gasteiger partial charge in [-0.3, -0.25) is 4.79 Å². The molecule has 1 fully saturated rings. The van der Waals surface area contributed by atoms with Crippen LogP contribution in [0.4, 0.5) is 0 Å². The van der Waals surface area contributed by atoms with Gasteiger partial charge in [-0.15, -0.1) is 11.8 Å². The van der Waals surface area contributed by atoms with Crippen LogP contribution in [0.25, 0.3) is 0 Å². The summed E-state index contributed by atoms with van der Waals surface area (Å²) in [6, 6.07) is 8.41. The first-order chi connectivity index (χ1) is 9.65. The van der Waals surface area contributed by atoms with Crippen LogP contribution < -0.4 is 0 Å². The molecule has 20 heavy (non-hydrogen) atoms. The fourth-order valence-corrected chi connectivity index (χ4v) is 2.82. The second-order valence-corrected chi connectivity index (χ2v) is 5.95. The first kappa shape index (κ1) is 15.4. The van der Waals surface area contributed by atoms with Crippen LogP contribution in [-0.4, -0.2) is 43.9 Å². The summed E-state index contributed by atoms with van der Waals surface area (Å²) in [5.74, 6) is 0.692. The second-order valence-electron chi connectivity index (χ2n) is 4.90. The van der Waals surface area contributed by atoms with Crippen molar-refractivity contribution in [2.24, 2.45) is 0 Å². The minimum Gasteiger partial charge on any atom is -0.352 e. The molecular weight excluding hydrogens is 274 g/mol. The van der Waals surface area contributed by atoms with Gasteiger partial charge in [0.05, 0.1) is 5.75 Å². The molecule has 1 amide bonds. The number of amides is 1. The normalized spacial score (nSPS) is 14.6. The number of carbonyl (C=O) groups is 1. The predicted octanol–water partition coefficient (Wildman–Crippen LogP) is 2.69. The molecule has 110 valence electrons. The third kappa shape index (κ3) is 3.98. The van der Waals surface area contributed by atoms with Gasteiger partial charge in [0.15, 0.2) is 6.29 Å². The SMILES string of the molecule is COC(OC)c1ccc(SCC(=O)N(C)C2CC2)cc1. The molecule has 0 N–H and O–H groups in total. The Hall–Kier alpha value is -1.04. The lowest BCUT2D eigenvalue weighted by molar-refractivity contribution is -0.127. The van der Waals surface area contributed by atoms with Crippen molar-refractivity contribution in [1.29, 1.82) is 0 Å². The van der Waals surface area contributed by atoms with Crippen LogP contribution in [0.3, 0.4) is 0 Å². The van der Waals surface area contributed by atoms with Gasteiger partial charge in [-0.1, -0.05) is 12.1 Å². The Labute approximate surface area is 124 Å². The number of nitrogens with zero attached hydrogens (tertiary/aromatic N) is 1. The lowest BCUT2D eigenvalue weighted by Gasteiger charge is -2.16. The van der Waals surface area contributed by atoms with E-state index in [1.165, 1.54) is 0 Å². The lowest BCUT2D eigenvalue weighted by Crippen LogP contribution is -2.30. The molecule has 0 heterocycles. The standard InChI is InChI=1S/C15H21NO3S/c1-16(12-6-7-12)14(17)10-20-13-8-4-11(5-9-13)15(18-2)19-3/h4-5,8-9,12,15H,6-7,10H2,1-3H3. The first-order valence-corrected chi connectivity index (χ1v) is 7.68. The maximum Gasteiger partial charge on any atom is 0.232 e. The highest BCUT2D eigenvalue weighted by molar-refractivity contribution is 8.00. The lowest BCUT2D eigenvalue weighted by atomic mass is 10.2. The van der Waals surface area contributed by atoms with Crippen molar-refractivity contribution in [2.75, 3.05) is 27.0 Å². The molecule has 4 nitrogen and oxygen atoms in total. The van der Waals surface area contributed by atoms with Crippen molar-refractivity contribution in [3.05, 3.63) is 29.8 Å². The smallest absolute Gasteiger partial charge is 0.232 e. The van der Waals surface area contributed by atoms with E-state index in [0.717, 1.165) is 23.3 Å². The number of rotatable bonds is 7. The number of hydrogen-bond donors (Lipinski definition) is 0. The maximum atomic E-state index is 11.9. The van der Waals surface area contributed by atoms with E-state index >= 15 is 0 Å². The zero-order chi connectivity index (χ0) is 14.5. The Bertz CT molecular complexity index is 441. The molecule has 0 radical (unpaired) electrons. The highest BCUT2D eigenvalue weighted by Gasteiger charge is 2.29. The number of hydrogen-bond acceptors (Lipinski definition) is 4. The third-order valence-electron chi connectivity index (χ3n) is 3.43. The summed E-state index contributed by atoms with van der Waals surface area (Å²) in [5, 5.41) is 0. The molecule has 0 aliphatic heterocycles. The van der Waals surface area contributed by atoms with Crippen LogP contribution in [0.1, 0.15) is 24.7 Å². The Kier molecular flexibility index (Phi) is 5.46. The van der Waals surface area contributed by atoms with Crippen LogP contribution in [-0.2, 0) is 14.3 Å². The van der Waals surface area contributed by atoms with E-state index in [4.69, 9.17) is 9.47 Å². The number of methoxy groups -OCH3 is 2. The molecule has 0 aromatic heterocycles. The average molecular weight is 295 g/mol. The van der Waals surface area contributed by atoms with Crippen LogP contribution >= 0.6 is 11.8 Å². The minimum absolute atomic E-state index is 0.202. The molecular formula is C15H21NO3S. The Morgan fingerprint density at radius 3 is 2.40 bits per heavy atom. The zero-order valence-corrected chi connectivity index (χ0v) is 13.0. The fourth-order valence-electron chi connectivity index (χ4n) is 2.00. The predicted molar refractivity (Wildman–Crippen MR) is 79.7 cm³/mol. The number of carbonyl (C=O) groups excluding carboxylic acids is 1. The van der Waals surface area contributed by atoms with E-state index < -0.39 is 0 Å². The number of thioether (sulfide) groups is 1. The second kappa shape index (κ2) is 7.11. The Morgan fingerprint density at radius 2 is 1.90 bits per heavy atom. The van der Waals surface area contributed by atoms with E-state index in [2.05, 4.69) is 0 Å². The van der Waals surface area contributed by atoms with Crippen molar-refractivity contribution in [2.45, 2.75) is 30.1 Å². The highest BCUT2D eigenvalue weighted by Crippen LogP contribution is 2.27. The molecule has 0 unspecified atom stereocenters. The minimum atomic E-state index is -0.336. The average Bonchev–Trinajstić information content (AvgIpc) is 3.31. The summed E-state index contributed by atoms with van der Waals surface area (Å²) in [7, 11) is 5.12. The van der Waals surface area contributed by atoms with Crippen LogP contribution in [0.5, 0.6) is 0 Å². The molecule has 1 aliphatic rings. The summed E-state index contributed by atoms with van der Waals surface area (Å²) in [4.78, 5) is 14.9. The molecule has 1 aromatic carbocycles. The third-order valence-corrected chi connectivity index (χ3v) is 4.43. The summed E-state index contributed by atoms with van der Waals surface area (Å²) in [5.41, 5.74) is 0.973. The van der Waals surface area contributed by atoms with Gasteiger partial charge < -0.3 is 14.4 Å². The van der Waals surface area contributed by atoms with E-state index in [9.17, 15) is 4.79 Å². The summed E-state index contributed by atoms with van der Waals surface area (Å²) < 4.78 is 10.4. The van der Waals surface area contributed by atoms with E-state index in [1.54, 1.807) is 26.0 Å². The van der Waals surface area contributed by atoms with Gasteiger partial charge >= 0.3 is 0 Å². The Balaban J connectivity index is 1.85. The van der Waals surface area contributed by atoms with E-state index in [-0.39, 0.29) is 12.2 Å². The molecule has 0 saturated heterocycles. The monoisotopic (exact) mass is 295 g/mol. The summed E-state index contributed by atoms with van der Waals surface area (Å²) >= 11 is 1.56. The van der Waals surface area contributed by atoms with Crippen LogP contribution in [0.15, 0.2) is 29.2 Å². The van der Waals surface area contributed by atoms with Crippen molar-refractivity contribution in [1.82, 2.24) is 4.90 Å². The van der Waals surface area contributed by atoms with Gasteiger partial charge in [-0.05, 0) is 25.0 Å². The maximum absolute atomic E-state index is 11.9. The molecule has 1 aliphatic carbocycles. The highest BCUT2D eigenvalue weighted by atomic mass is 32.2. The summed E-state index contributed by atoms with van der Waals surface area (Å²) in [6.07, 6.45) is 1.96. The van der Waals surface area contributed by atoms with Crippen LogP contribution in [0.2, 0.25) is 0 Å². The molecule has 0 spiro atoms. The largest absolute Gasteiger partial charge is 0.352 e. The van der Waals surface area contributed by atoms with Crippen LogP contribution in [0, 0.1) is 0 Å². The van der Waals surface area contributed by atoms with E-state index in [1.807, 2.05) is 36.2 Å². The molecule has 2 rings (SSSR count). The molecule has 1 saturated carbocycles. The van der Waals surface area contributed by atoms with Gasteiger partial charge in [0.1, 0.15) is 0 Å². The van der Waals surface area contributed by atoms with E-state index in [0.29, 0.717) is 11.8 Å². The zero-order valence-electron chi connectivity index (χ0n) is 12.2. The van der Waals surface area contributed by atoms with Crippen molar-refractivity contribution in [3.8, 4) is 0 Å². The summed E-state index contributed by atoms with van der Waals surface area (Å²) in [6.45, 7) is 0. The fraction of sp³-hybridized carbons (Fsp3) is 0.533. The molecule has 1 aromatic rings. The van der Waals surface area contributed by atoms with Gasteiger partial charge in [-0.25, -0.2) is 0 Å². The van der Waals surface area contributed by atoms with Crippen molar-refractivity contribution < 1.29 is 14.3 Å². The number of ether oxygens (including phenoxy) is 2. The first-order valence-electron chi connectivity index (χ1n) is 6.69. The van der Waals surface area contributed by atoms with Crippen molar-refractivity contribution >= 4 is 17.7 Å². The number of benzene rings is 1. The quantitative estimate of drug-likeness (QED) is 0.573. The molecule has 0 atom stereocenters. The molecule has 5 heteroatoms. The Morgan fingerprint density at radius 1 is 1.30 bits per heavy atom. The molecule has 0 bridgehead atoms.